The van der Waals surface area contributed by atoms with Crippen LogP contribution in [-0.4, -0.2) is 32.7 Å². The molecule has 0 aliphatic carbocycles. The molecule has 21 heavy (non-hydrogen) atoms. The lowest BCUT2D eigenvalue weighted by atomic mass is 10.1. The number of hydrogen-bond acceptors (Lipinski definition) is 4. The van der Waals surface area contributed by atoms with Crippen molar-refractivity contribution in [3.63, 3.8) is 0 Å². The molecule has 2 aromatic rings. The van der Waals surface area contributed by atoms with Crippen LogP contribution in [0.1, 0.15) is 18.9 Å². The van der Waals surface area contributed by atoms with E-state index in [0.717, 1.165) is 16.5 Å². The van der Waals surface area contributed by atoms with Gasteiger partial charge in [0.1, 0.15) is 0 Å². The van der Waals surface area contributed by atoms with E-state index in [1.807, 2.05) is 35.2 Å². The predicted octanol–water partition coefficient (Wildman–Crippen LogP) is 2.62. The Balaban J connectivity index is 1.79. The maximum Gasteiger partial charge on any atom is 0.224 e. The van der Waals surface area contributed by atoms with Crippen LogP contribution in [0.5, 0.6) is 0 Å². The van der Waals surface area contributed by atoms with Gasteiger partial charge in [0, 0.05) is 43.3 Å². The van der Waals surface area contributed by atoms with Crippen LogP contribution in [0.25, 0.3) is 10.9 Å². The molecule has 1 saturated heterocycles. The van der Waals surface area contributed by atoms with E-state index in [-0.39, 0.29) is 16.3 Å². The summed E-state index contributed by atoms with van der Waals surface area (Å²) in [6.07, 6.45) is 2.23. The van der Waals surface area contributed by atoms with Crippen LogP contribution < -0.4 is 0 Å². The molecule has 1 aliphatic heterocycles. The number of hydrogen-bond donors (Lipinski definition) is 0. The topological polar surface area (TPSA) is 50.3 Å². The Bertz CT molecular complexity index is 696. The molecule has 0 spiro atoms. The SMILES string of the molecule is CC(=O)SC1CC(=O)N(Cc2ccnc3ccccc23)C1. The van der Waals surface area contributed by atoms with Gasteiger partial charge >= 0.3 is 0 Å². The molecule has 1 atom stereocenters. The molecule has 0 saturated carbocycles. The van der Waals surface area contributed by atoms with E-state index in [0.29, 0.717) is 19.5 Å². The number of carbonyl (C=O) groups excluding carboxylic acids is 2. The van der Waals surface area contributed by atoms with E-state index >= 15 is 0 Å². The smallest absolute Gasteiger partial charge is 0.224 e. The number of para-hydroxylation sites is 1. The first-order valence-electron chi connectivity index (χ1n) is 6.91. The first kappa shape index (κ1) is 14.1. The van der Waals surface area contributed by atoms with Crippen molar-refractivity contribution >= 4 is 33.7 Å². The van der Waals surface area contributed by atoms with Crippen molar-refractivity contribution in [2.75, 3.05) is 6.54 Å². The molecule has 1 aliphatic rings. The lowest BCUT2D eigenvalue weighted by Crippen LogP contribution is -2.25. The highest BCUT2D eigenvalue weighted by Gasteiger charge is 2.31. The summed E-state index contributed by atoms with van der Waals surface area (Å²) in [6.45, 7) is 2.77. The molecule has 5 heteroatoms. The summed E-state index contributed by atoms with van der Waals surface area (Å²) in [6, 6.07) is 9.90. The molecule has 0 radical (unpaired) electrons. The first-order chi connectivity index (χ1) is 10.1. The summed E-state index contributed by atoms with van der Waals surface area (Å²) in [5.41, 5.74) is 2.04. The van der Waals surface area contributed by atoms with Gasteiger partial charge in [-0.05, 0) is 17.7 Å². The maximum atomic E-state index is 12.1. The monoisotopic (exact) mass is 300 g/mol. The Kier molecular flexibility index (Phi) is 3.92. The van der Waals surface area contributed by atoms with Crippen LogP contribution >= 0.6 is 11.8 Å². The molecule has 0 bridgehead atoms. The van der Waals surface area contributed by atoms with Crippen LogP contribution in [0.2, 0.25) is 0 Å². The van der Waals surface area contributed by atoms with Crippen LogP contribution in [0.15, 0.2) is 36.5 Å². The normalized spacial score (nSPS) is 18.4. The van der Waals surface area contributed by atoms with Crippen molar-refractivity contribution < 1.29 is 9.59 Å². The van der Waals surface area contributed by atoms with Crippen LogP contribution in [0.3, 0.4) is 0 Å². The van der Waals surface area contributed by atoms with Gasteiger partial charge < -0.3 is 4.90 Å². The number of rotatable bonds is 3. The Labute approximate surface area is 127 Å². The van der Waals surface area contributed by atoms with Gasteiger partial charge in [-0.15, -0.1) is 0 Å². The number of thioether (sulfide) groups is 1. The molecule has 2 heterocycles. The second-order valence-electron chi connectivity index (χ2n) is 5.20. The van der Waals surface area contributed by atoms with E-state index in [4.69, 9.17) is 0 Å². The van der Waals surface area contributed by atoms with E-state index in [1.54, 1.807) is 13.1 Å². The van der Waals surface area contributed by atoms with Gasteiger partial charge in [0.05, 0.1) is 5.52 Å². The minimum absolute atomic E-state index is 0.0732. The van der Waals surface area contributed by atoms with Crippen molar-refractivity contribution in [3.05, 3.63) is 42.1 Å². The Morgan fingerprint density at radius 1 is 1.38 bits per heavy atom. The molecule has 0 N–H and O–H groups in total. The van der Waals surface area contributed by atoms with Gasteiger partial charge in [-0.3, -0.25) is 14.6 Å². The summed E-state index contributed by atoms with van der Waals surface area (Å²) < 4.78 is 0. The van der Waals surface area contributed by atoms with Crippen LogP contribution in [0.4, 0.5) is 0 Å². The minimum atomic E-state index is 0.0732. The fourth-order valence-electron chi connectivity index (χ4n) is 2.70. The van der Waals surface area contributed by atoms with E-state index < -0.39 is 0 Å². The van der Waals surface area contributed by atoms with Gasteiger partial charge in [0.25, 0.3) is 0 Å². The van der Waals surface area contributed by atoms with Crippen molar-refractivity contribution in [3.8, 4) is 0 Å². The molecular formula is C16H16N2O2S. The quantitative estimate of drug-likeness (QED) is 0.874. The van der Waals surface area contributed by atoms with E-state index in [2.05, 4.69) is 4.98 Å². The van der Waals surface area contributed by atoms with E-state index in [1.165, 1.54) is 11.8 Å². The van der Waals surface area contributed by atoms with Crippen molar-refractivity contribution in [1.29, 1.82) is 0 Å². The number of aromatic nitrogens is 1. The third-order valence-corrected chi connectivity index (χ3v) is 4.59. The molecule has 1 aromatic heterocycles. The van der Waals surface area contributed by atoms with Crippen molar-refractivity contribution in [2.24, 2.45) is 0 Å². The zero-order chi connectivity index (χ0) is 14.8. The van der Waals surface area contributed by atoms with Gasteiger partial charge in [0.2, 0.25) is 5.91 Å². The predicted molar refractivity (Wildman–Crippen MR) is 83.8 cm³/mol. The van der Waals surface area contributed by atoms with E-state index in [9.17, 15) is 9.59 Å². The number of carbonyl (C=O) groups is 2. The maximum absolute atomic E-state index is 12.1. The highest BCUT2D eigenvalue weighted by atomic mass is 32.2. The van der Waals surface area contributed by atoms with Gasteiger partial charge in [-0.1, -0.05) is 30.0 Å². The number of pyridine rings is 1. The fraction of sp³-hybridized carbons (Fsp3) is 0.312. The molecule has 1 unspecified atom stereocenters. The highest BCUT2D eigenvalue weighted by molar-refractivity contribution is 8.14. The lowest BCUT2D eigenvalue weighted by molar-refractivity contribution is -0.128. The molecule has 4 nitrogen and oxygen atoms in total. The van der Waals surface area contributed by atoms with Crippen LogP contribution in [-0.2, 0) is 16.1 Å². The Morgan fingerprint density at radius 2 is 2.19 bits per heavy atom. The fourth-order valence-corrected chi connectivity index (χ4v) is 3.65. The largest absolute Gasteiger partial charge is 0.337 e. The number of nitrogens with zero attached hydrogens (tertiary/aromatic N) is 2. The summed E-state index contributed by atoms with van der Waals surface area (Å²) in [5.74, 6) is 0.120. The van der Waals surface area contributed by atoms with Gasteiger partial charge in [0.15, 0.2) is 5.12 Å². The van der Waals surface area contributed by atoms with Crippen LogP contribution in [0, 0.1) is 0 Å². The summed E-state index contributed by atoms with van der Waals surface area (Å²) in [5, 5.41) is 1.24. The zero-order valence-electron chi connectivity index (χ0n) is 11.8. The first-order valence-corrected chi connectivity index (χ1v) is 7.79. The van der Waals surface area contributed by atoms with Crippen molar-refractivity contribution in [2.45, 2.75) is 25.1 Å². The van der Waals surface area contributed by atoms with Gasteiger partial charge in [-0.2, -0.15) is 0 Å². The highest BCUT2D eigenvalue weighted by Crippen LogP contribution is 2.26. The number of benzene rings is 1. The standard InChI is InChI=1S/C16H16N2O2S/c1-11(19)21-13-8-16(20)18(10-13)9-12-6-7-17-15-5-3-2-4-14(12)15/h2-7,13H,8-10H2,1H3. The molecular weight excluding hydrogens is 284 g/mol. The van der Waals surface area contributed by atoms with Crippen molar-refractivity contribution in [1.82, 2.24) is 9.88 Å². The average Bonchev–Trinajstić information content (AvgIpc) is 2.78. The second-order valence-corrected chi connectivity index (χ2v) is 6.67. The summed E-state index contributed by atoms with van der Waals surface area (Å²) in [4.78, 5) is 29.4. The summed E-state index contributed by atoms with van der Waals surface area (Å²) in [7, 11) is 0. The number of likely N-dealkylation sites (tertiary alicyclic amines) is 1. The molecule has 108 valence electrons. The molecule has 1 amide bonds. The Morgan fingerprint density at radius 3 is 3.00 bits per heavy atom. The van der Waals surface area contributed by atoms with Gasteiger partial charge in [-0.25, -0.2) is 0 Å². The number of fused-ring (bicyclic) bond motifs is 1. The number of amides is 1. The third-order valence-electron chi connectivity index (χ3n) is 3.61. The molecule has 3 rings (SSSR count). The lowest BCUT2D eigenvalue weighted by Gasteiger charge is -2.17. The second kappa shape index (κ2) is 5.85. The average molecular weight is 300 g/mol. The zero-order valence-corrected chi connectivity index (χ0v) is 12.6. The summed E-state index contributed by atoms with van der Waals surface area (Å²) >= 11 is 1.27. The third kappa shape index (κ3) is 3.08. The Hall–Kier alpha value is -1.88. The minimum Gasteiger partial charge on any atom is -0.337 e. The molecule has 1 fully saturated rings. The molecule has 1 aromatic carbocycles.